The quantitative estimate of drug-likeness (QED) is 0.471. The monoisotopic (exact) mass is 454 g/mol. The highest BCUT2D eigenvalue weighted by atomic mass is 15.2. The molecule has 2 aromatic carbocycles. The van der Waals surface area contributed by atoms with E-state index in [2.05, 4.69) is 87.4 Å². The van der Waals surface area contributed by atoms with Crippen LogP contribution in [-0.4, -0.2) is 64.8 Å². The molecular formula is C28H34N6. The number of rotatable bonds is 5. The predicted octanol–water partition coefficient (Wildman–Crippen LogP) is 4.75. The van der Waals surface area contributed by atoms with E-state index in [1.807, 2.05) is 43.4 Å². The number of pyridine rings is 1. The number of nitrogens with zero attached hydrogens (tertiary/aromatic N) is 5. The van der Waals surface area contributed by atoms with Crippen LogP contribution in [-0.2, 0) is 13.6 Å². The van der Waals surface area contributed by atoms with Crippen LogP contribution in [0.15, 0.2) is 73.7 Å². The number of hydrogen-bond donors (Lipinski definition) is 1. The Labute approximate surface area is 202 Å². The lowest BCUT2D eigenvalue weighted by Crippen LogP contribution is -2.43. The molecule has 4 aromatic rings. The Morgan fingerprint density at radius 1 is 0.941 bits per heavy atom. The highest BCUT2D eigenvalue weighted by molar-refractivity contribution is 5.88. The van der Waals surface area contributed by atoms with E-state index >= 15 is 0 Å². The van der Waals surface area contributed by atoms with Crippen molar-refractivity contribution in [1.29, 1.82) is 0 Å². The number of aryl methyl sites for hydroxylation is 1. The van der Waals surface area contributed by atoms with Gasteiger partial charge in [0, 0.05) is 70.2 Å². The second kappa shape index (κ2) is 11.1. The van der Waals surface area contributed by atoms with Crippen LogP contribution in [0.1, 0.15) is 11.1 Å². The van der Waals surface area contributed by atoms with Crippen LogP contribution in [0.2, 0.25) is 0 Å². The molecule has 5 rings (SSSR count). The topological polar surface area (TPSA) is 49.2 Å². The molecule has 0 atom stereocenters. The molecule has 2 aromatic heterocycles. The molecule has 34 heavy (non-hydrogen) atoms. The van der Waals surface area contributed by atoms with Gasteiger partial charge in [-0.15, -0.1) is 0 Å². The maximum atomic E-state index is 4.30. The van der Waals surface area contributed by atoms with E-state index in [0.29, 0.717) is 0 Å². The summed E-state index contributed by atoms with van der Waals surface area (Å²) in [6.07, 6.45) is 7.68. The predicted molar refractivity (Wildman–Crippen MR) is 143 cm³/mol. The van der Waals surface area contributed by atoms with Crippen LogP contribution in [0, 0.1) is 0 Å². The first-order valence-electron chi connectivity index (χ1n) is 11.7. The third kappa shape index (κ3) is 6.10. The van der Waals surface area contributed by atoms with Gasteiger partial charge in [-0.25, -0.2) is 4.98 Å². The molecule has 1 aliphatic heterocycles. The number of piperazine rings is 1. The summed E-state index contributed by atoms with van der Waals surface area (Å²) < 4.78 is 1.81. The van der Waals surface area contributed by atoms with Crippen molar-refractivity contribution in [2.45, 2.75) is 6.54 Å². The number of fused-ring (bicyclic) bond motifs is 1. The summed E-state index contributed by atoms with van der Waals surface area (Å²) >= 11 is 0. The third-order valence-corrected chi connectivity index (χ3v) is 6.20. The first-order valence-corrected chi connectivity index (χ1v) is 11.7. The number of hydrogen-bond acceptors (Lipinski definition) is 5. The van der Waals surface area contributed by atoms with Crippen LogP contribution in [0.5, 0.6) is 0 Å². The van der Waals surface area contributed by atoms with E-state index in [1.165, 1.54) is 48.3 Å². The second-order valence-electron chi connectivity index (χ2n) is 8.81. The number of nitrogens with one attached hydrogen (secondary N) is 1. The summed E-state index contributed by atoms with van der Waals surface area (Å²) in [6.45, 7) is 9.59. The number of likely N-dealkylation sites (N-methyl/N-ethyl adjacent to an activating group) is 1. The summed E-state index contributed by atoms with van der Waals surface area (Å²) in [7, 11) is 5.99. The van der Waals surface area contributed by atoms with E-state index in [1.54, 1.807) is 0 Å². The van der Waals surface area contributed by atoms with Gasteiger partial charge in [-0.2, -0.15) is 5.10 Å². The summed E-state index contributed by atoms with van der Waals surface area (Å²) in [5.74, 6) is 0.880. The fourth-order valence-electron chi connectivity index (χ4n) is 4.11. The fourth-order valence-corrected chi connectivity index (χ4v) is 4.11. The molecule has 0 unspecified atom stereocenters. The Kier molecular flexibility index (Phi) is 7.72. The molecule has 176 valence electrons. The van der Waals surface area contributed by atoms with Gasteiger partial charge in [0.1, 0.15) is 5.82 Å². The minimum atomic E-state index is 0.880. The number of aromatic nitrogens is 3. The maximum absolute atomic E-state index is 4.30. The summed E-state index contributed by atoms with van der Waals surface area (Å²) in [5, 5.41) is 9.57. The molecule has 0 bridgehead atoms. The zero-order valence-corrected chi connectivity index (χ0v) is 20.4. The summed E-state index contributed by atoms with van der Waals surface area (Å²) in [5.41, 5.74) is 4.90. The van der Waals surface area contributed by atoms with Crippen molar-refractivity contribution < 1.29 is 0 Å². The average molecular weight is 455 g/mol. The highest BCUT2D eigenvalue weighted by Crippen LogP contribution is 2.24. The Morgan fingerprint density at radius 2 is 1.76 bits per heavy atom. The van der Waals surface area contributed by atoms with E-state index in [-0.39, 0.29) is 0 Å². The average Bonchev–Trinajstić information content (AvgIpc) is 3.31. The Hall–Kier alpha value is -3.48. The molecule has 3 heterocycles. The summed E-state index contributed by atoms with van der Waals surface area (Å²) in [6, 6.07) is 17.0. The minimum absolute atomic E-state index is 0.880. The van der Waals surface area contributed by atoms with Gasteiger partial charge >= 0.3 is 0 Å². The minimum Gasteiger partial charge on any atom is -0.373 e. The zero-order chi connectivity index (χ0) is 23.9. The van der Waals surface area contributed by atoms with Crippen LogP contribution >= 0.6 is 0 Å². The van der Waals surface area contributed by atoms with E-state index < -0.39 is 0 Å². The van der Waals surface area contributed by atoms with Gasteiger partial charge in [0.15, 0.2) is 0 Å². The SMILES string of the molecule is C=Cc1cccc(CN2CCN(C)CC2)c1.CNc1cc2cc(-c3cnn(C)c3)ccc2cn1. The molecule has 1 aliphatic rings. The number of benzene rings is 2. The highest BCUT2D eigenvalue weighted by Gasteiger charge is 2.13. The largest absolute Gasteiger partial charge is 0.373 e. The standard InChI is InChI=1S/C14H14N4.C14H20N2/c1-15-14-6-12-5-10(3-4-11(12)7-16-14)13-8-17-18(2)9-13;1-3-13-5-4-6-14(11-13)12-16-9-7-15(2)8-10-16/h3-9H,1-2H3,(H,15,16);3-6,11H,1,7-10,12H2,2H3. The number of anilines is 1. The maximum Gasteiger partial charge on any atom is 0.126 e. The van der Waals surface area contributed by atoms with Crippen molar-refractivity contribution in [2.24, 2.45) is 7.05 Å². The second-order valence-corrected chi connectivity index (χ2v) is 8.81. The molecule has 0 amide bonds. The normalized spacial score (nSPS) is 14.4. The van der Waals surface area contributed by atoms with Gasteiger partial charge in [-0.3, -0.25) is 9.58 Å². The van der Waals surface area contributed by atoms with Gasteiger partial charge in [-0.05, 0) is 41.3 Å². The van der Waals surface area contributed by atoms with Crippen LogP contribution in [0.4, 0.5) is 5.82 Å². The molecular weight excluding hydrogens is 420 g/mol. The lowest BCUT2D eigenvalue weighted by Gasteiger charge is -2.32. The molecule has 0 spiro atoms. The molecule has 1 N–H and O–H groups in total. The van der Waals surface area contributed by atoms with Gasteiger partial charge in [0.2, 0.25) is 0 Å². The molecule has 6 heteroatoms. The Balaban J connectivity index is 0.000000162. The molecule has 0 aliphatic carbocycles. The Morgan fingerprint density at radius 3 is 2.47 bits per heavy atom. The molecule has 0 saturated carbocycles. The summed E-state index contributed by atoms with van der Waals surface area (Å²) in [4.78, 5) is 9.21. The first-order chi connectivity index (χ1) is 16.5. The van der Waals surface area contributed by atoms with Crippen molar-refractivity contribution in [1.82, 2.24) is 24.6 Å². The van der Waals surface area contributed by atoms with E-state index in [0.717, 1.165) is 23.3 Å². The zero-order valence-electron chi connectivity index (χ0n) is 20.4. The first kappa shape index (κ1) is 23.7. The van der Waals surface area contributed by atoms with Crippen molar-refractivity contribution in [3.05, 3.63) is 84.8 Å². The van der Waals surface area contributed by atoms with Crippen molar-refractivity contribution >= 4 is 22.7 Å². The third-order valence-electron chi connectivity index (χ3n) is 6.20. The van der Waals surface area contributed by atoms with Crippen molar-refractivity contribution in [2.75, 3.05) is 45.6 Å². The van der Waals surface area contributed by atoms with Crippen LogP contribution in [0.25, 0.3) is 28.0 Å². The molecule has 0 radical (unpaired) electrons. The lowest BCUT2D eigenvalue weighted by molar-refractivity contribution is 0.148. The van der Waals surface area contributed by atoms with Crippen LogP contribution < -0.4 is 5.32 Å². The van der Waals surface area contributed by atoms with Gasteiger partial charge < -0.3 is 10.2 Å². The molecule has 6 nitrogen and oxygen atoms in total. The van der Waals surface area contributed by atoms with Gasteiger partial charge in [0.05, 0.1) is 6.20 Å². The van der Waals surface area contributed by atoms with Crippen molar-refractivity contribution in [3.8, 4) is 11.1 Å². The molecule has 1 fully saturated rings. The fraction of sp³-hybridized carbons (Fsp3) is 0.286. The smallest absolute Gasteiger partial charge is 0.126 e. The van der Waals surface area contributed by atoms with E-state index in [4.69, 9.17) is 0 Å². The molecule has 1 saturated heterocycles. The van der Waals surface area contributed by atoms with Gasteiger partial charge in [-0.1, -0.05) is 49.1 Å². The van der Waals surface area contributed by atoms with E-state index in [9.17, 15) is 0 Å². The van der Waals surface area contributed by atoms with Crippen LogP contribution in [0.3, 0.4) is 0 Å². The van der Waals surface area contributed by atoms with Gasteiger partial charge in [0.25, 0.3) is 0 Å². The Bertz CT molecular complexity index is 1240. The van der Waals surface area contributed by atoms with Crippen molar-refractivity contribution in [3.63, 3.8) is 0 Å². The lowest BCUT2D eigenvalue weighted by atomic mass is 10.1.